The molecule has 0 aliphatic heterocycles. The summed E-state index contributed by atoms with van der Waals surface area (Å²) in [5, 5.41) is 5.58. The van der Waals surface area contributed by atoms with E-state index in [9.17, 15) is 12.8 Å². The van der Waals surface area contributed by atoms with E-state index in [-0.39, 0.29) is 10.8 Å². The largest absolute Gasteiger partial charge is 0.238 e. The van der Waals surface area contributed by atoms with Crippen molar-refractivity contribution in [1.29, 1.82) is 0 Å². The van der Waals surface area contributed by atoms with E-state index in [1.807, 2.05) is 12.1 Å². The Balaban J connectivity index is 1.91. The summed E-state index contributed by atoms with van der Waals surface area (Å²) in [6.45, 7) is 0. The quantitative estimate of drug-likeness (QED) is 0.912. The number of primary sulfonamides is 1. The molecule has 3 unspecified atom stereocenters. The number of rotatable bonds is 3. The molecular formula is C19H20FNO2S. The van der Waals surface area contributed by atoms with Gasteiger partial charge < -0.3 is 0 Å². The predicted octanol–water partition coefficient (Wildman–Crippen LogP) is 4.04. The maximum atomic E-state index is 13.6. The molecular weight excluding hydrogens is 325 g/mol. The Morgan fingerprint density at radius 2 is 1.83 bits per heavy atom. The second kappa shape index (κ2) is 5.67. The van der Waals surface area contributed by atoms with Gasteiger partial charge in [0.15, 0.2) is 0 Å². The van der Waals surface area contributed by atoms with Gasteiger partial charge in [0.05, 0.1) is 4.90 Å². The Kier molecular flexibility index (Phi) is 3.73. The summed E-state index contributed by atoms with van der Waals surface area (Å²) in [5.74, 6) is 1.09. The zero-order chi connectivity index (χ0) is 16.9. The van der Waals surface area contributed by atoms with Crippen LogP contribution >= 0.6 is 0 Å². The lowest BCUT2D eigenvalue weighted by Gasteiger charge is -2.25. The summed E-state index contributed by atoms with van der Waals surface area (Å²) < 4.78 is 38.4. The van der Waals surface area contributed by atoms with E-state index in [0.29, 0.717) is 23.0 Å². The van der Waals surface area contributed by atoms with Gasteiger partial charge in [-0.25, -0.2) is 17.9 Å². The van der Waals surface area contributed by atoms with Crippen LogP contribution in [0.25, 0.3) is 11.1 Å². The van der Waals surface area contributed by atoms with Crippen LogP contribution in [0.1, 0.15) is 37.2 Å². The van der Waals surface area contributed by atoms with E-state index >= 15 is 0 Å². The Bertz CT molecular complexity index is 894. The molecule has 24 heavy (non-hydrogen) atoms. The first-order valence-electron chi connectivity index (χ1n) is 8.35. The minimum Gasteiger partial charge on any atom is -0.225 e. The number of nitrogens with two attached hydrogens (primary N) is 1. The molecule has 5 heteroatoms. The van der Waals surface area contributed by atoms with Gasteiger partial charge in [0.1, 0.15) is 5.82 Å². The highest BCUT2D eigenvalue weighted by Crippen LogP contribution is 2.54. The SMILES string of the molecule is NS(=O)(=O)c1c(-c2cccc(F)c2)cccc1C1CC2CCC1C2. The first-order chi connectivity index (χ1) is 11.4. The normalized spacial score (nSPS) is 26.0. The monoisotopic (exact) mass is 345 g/mol. The number of hydrogen-bond acceptors (Lipinski definition) is 2. The average molecular weight is 345 g/mol. The molecule has 126 valence electrons. The Morgan fingerprint density at radius 1 is 1.04 bits per heavy atom. The Morgan fingerprint density at radius 3 is 2.46 bits per heavy atom. The molecule has 0 aromatic heterocycles. The van der Waals surface area contributed by atoms with Crippen LogP contribution in [0, 0.1) is 17.7 Å². The van der Waals surface area contributed by atoms with Gasteiger partial charge >= 0.3 is 0 Å². The molecule has 2 aromatic rings. The third-order valence-electron chi connectivity index (χ3n) is 5.60. The van der Waals surface area contributed by atoms with Gasteiger partial charge in [-0.2, -0.15) is 0 Å². The molecule has 3 atom stereocenters. The molecule has 2 aromatic carbocycles. The number of halogens is 1. The standard InChI is InChI=1S/C19H20FNO2S/c20-15-4-1-3-13(11-15)16-5-2-6-17(19(16)24(21,22)23)18-10-12-7-8-14(18)9-12/h1-6,11-12,14,18H,7-10H2,(H2,21,22,23). The molecule has 0 saturated heterocycles. The molecule has 3 nitrogen and oxygen atoms in total. The average Bonchev–Trinajstić information content (AvgIpc) is 3.16. The highest BCUT2D eigenvalue weighted by atomic mass is 32.2. The van der Waals surface area contributed by atoms with Crippen molar-refractivity contribution < 1.29 is 12.8 Å². The summed E-state index contributed by atoms with van der Waals surface area (Å²) in [6.07, 6.45) is 4.61. The molecule has 2 fully saturated rings. The lowest BCUT2D eigenvalue weighted by molar-refractivity contribution is 0.415. The third-order valence-corrected chi connectivity index (χ3v) is 6.63. The van der Waals surface area contributed by atoms with Crippen molar-refractivity contribution in [1.82, 2.24) is 0 Å². The number of sulfonamides is 1. The van der Waals surface area contributed by atoms with Crippen molar-refractivity contribution in [2.75, 3.05) is 0 Å². The molecule has 2 bridgehead atoms. The fraction of sp³-hybridized carbons (Fsp3) is 0.368. The number of hydrogen-bond donors (Lipinski definition) is 1. The van der Waals surface area contributed by atoms with Crippen molar-refractivity contribution >= 4 is 10.0 Å². The summed E-state index contributed by atoms with van der Waals surface area (Å²) >= 11 is 0. The van der Waals surface area contributed by atoms with Crippen molar-refractivity contribution in [3.8, 4) is 11.1 Å². The zero-order valence-corrected chi connectivity index (χ0v) is 14.1. The maximum absolute atomic E-state index is 13.6. The molecule has 2 N–H and O–H groups in total. The van der Waals surface area contributed by atoms with Crippen molar-refractivity contribution in [2.45, 2.75) is 36.5 Å². The summed E-state index contributed by atoms with van der Waals surface area (Å²) in [7, 11) is -3.90. The van der Waals surface area contributed by atoms with Gasteiger partial charge in [0.2, 0.25) is 10.0 Å². The highest BCUT2D eigenvalue weighted by Gasteiger charge is 2.42. The van der Waals surface area contributed by atoms with Gasteiger partial charge in [-0.15, -0.1) is 0 Å². The fourth-order valence-electron chi connectivity index (χ4n) is 4.67. The van der Waals surface area contributed by atoms with Crippen LogP contribution in [0.5, 0.6) is 0 Å². The van der Waals surface area contributed by atoms with Crippen LogP contribution in [0.3, 0.4) is 0 Å². The van der Waals surface area contributed by atoms with Crippen LogP contribution in [0.4, 0.5) is 4.39 Å². The summed E-state index contributed by atoms with van der Waals surface area (Å²) in [5.41, 5.74) is 1.85. The molecule has 0 spiro atoms. The van der Waals surface area contributed by atoms with E-state index < -0.39 is 15.8 Å². The zero-order valence-electron chi connectivity index (χ0n) is 13.3. The fourth-order valence-corrected chi connectivity index (χ4v) is 5.71. The van der Waals surface area contributed by atoms with Crippen LogP contribution < -0.4 is 5.14 Å². The second-order valence-electron chi connectivity index (χ2n) is 7.06. The summed E-state index contributed by atoms with van der Waals surface area (Å²) in [4.78, 5) is 0.174. The van der Waals surface area contributed by atoms with E-state index in [1.165, 1.54) is 25.0 Å². The Hall–Kier alpha value is -1.72. The minimum atomic E-state index is -3.90. The molecule has 0 radical (unpaired) electrons. The van der Waals surface area contributed by atoms with Gasteiger partial charge in [-0.3, -0.25) is 0 Å². The molecule has 0 heterocycles. The van der Waals surface area contributed by atoms with Crippen LogP contribution in [0.15, 0.2) is 47.4 Å². The van der Waals surface area contributed by atoms with Crippen molar-refractivity contribution in [2.24, 2.45) is 17.0 Å². The molecule has 0 amide bonds. The second-order valence-corrected chi connectivity index (χ2v) is 8.56. The van der Waals surface area contributed by atoms with Crippen molar-refractivity contribution in [3.05, 3.63) is 53.8 Å². The maximum Gasteiger partial charge on any atom is 0.238 e. The van der Waals surface area contributed by atoms with Crippen molar-refractivity contribution in [3.63, 3.8) is 0 Å². The molecule has 2 aliphatic rings. The number of fused-ring (bicyclic) bond motifs is 2. The predicted molar refractivity (Wildman–Crippen MR) is 91.4 cm³/mol. The van der Waals surface area contributed by atoms with E-state index in [0.717, 1.165) is 18.4 Å². The lowest BCUT2D eigenvalue weighted by atomic mass is 9.82. The van der Waals surface area contributed by atoms with Gasteiger partial charge in [0, 0.05) is 5.56 Å². The minimum absolute atomic E-state index is 0.174. The molecule has 2 saturated carbocycles. The van der Waals surface area contributed by atoms with E-state index in [4.69, 9.17) is 5.14 Å². The Labute approximate surface area is 141 Å². The van der Waals surface area contributed by atoms with Gasteiger partial charge in [-0.1, -0.05) is 36.8 Å². The first-order valence-corrected chi connectivity index (χ1v) is 9.90. The van der Waals surface area contributed by atoms with E-state index in [2.05, 4.69) is 0 Å². The van der Waals surface area contributed by atoms with Crippen LogP contribution in [-0.4, -0.2) is 8.42 Å². The number of benzene rings is 2. The van der Waals surface area contributed by atoms with E-state index in [1.54, 1.807) is 18.2 Å². The smallest absolute Gasteiger partial charge is 0.225 e. The lowest BCUT2D eigenvalue weighted by Crippen LogP contribution is -2.19. The van der Waals surface area contributed by atoms with Gasteiger partial charge in [0.25, 0.3) is 0 Å². The van der Waals surface area contributed by atoms with Crippen LogP contribution in [0.2, 0.25) is 0 Å². The molecule has 4 rings (SSSR count). The van der Waals surface area contributed by atoms with Crippen LogP contribution in [-0.2, 0) is 10.0 Å². The summed E-state index contributed by atoms with van der Waals surface area (Å²) in [6, 6.07) is 11.5. The molecule has 2 aliphatic carbocycles. The third kappa shape index (κ3) is 2.66. The van der Waals surface area contributed by atoms with Gasteiger partial charge in [-0.05, 0) is 60.3 Å². The highest BCUT2D eigenvalue weighted by molar-refractivity contribution is 7.89. The first kappa shape index (κ1) is 15.8. The topological polar surface area (TPSA) is 60.2 Å².